The number of phenolic OH excluding ortho intramolecular Hbond substituents is 1. The second-order valence-corrected chi connectivity index (χ2v) is 23.9. The summed E-state index contributed by atoms with van der Waals surface area (Å²) in [4.78, 5) is 13.3. The molecular formula is C34H46O5Si2. The number of benzene rings is 3. The minimum absolute atomic E-state index is 0.000628. The molecule has 0 saturated carbocycles. The Kier molecular flexibility index (Phi) is 7.58. The smallest absolute Gasteiger partial charge is 0.340 e. The summed E-state index contributed by atoms with van der Waals surface area (Å²) < 4.78 is 19.5. The fourth-order valence-electron chi connectivity index (χ4n) is 4.70. The summed E-state index contributed by atoms with van der Waals surface area (Å²) in [6, 6.07) is 17.1. The van der Waals surface area contributed by atoms with Gasteiger partial charge in [0.25, 0.3) is 0 Å². The number of esters is 1. The van der Waals surface area contributed by atoms with E-state index in [1.54, 1.807) is 6.07 Å². The Balaban J connectivity index is 1.90. The van der Waals surface area contributed by atoms with Crippen LogP contribution in [0.25, 0.3) is 0 Å². The lowest BCUT2D eigenvalue weighted by molar-refractivity contribution is 0.0245. The maximum atomic E-state index is 13.3. The number of cyclic esters (lactones) is 1. The highest BCUT2D eigenvalue weighted by atomic mass is 28.4. The van der Waals surface area contributed by atoms with E-state index in [1.165, 1.54) is 0 Å². The number of carbonyl (C=O) groups is 1. The molecule has 0 amide bonds. The summed E-state index contributed by atoms with van der Waals surface area (Å²) in [6.45, 7) is 25.9. The molecule has 1 unspecified atom stereocenters. The van der Waals surface area contributed by atoms with Crippen LogP contribution >= 0.6 is 0 Å². The molecule has 7 heteroatoms. The summed E-state index contributed by atoms with van der Waals surface area (Å²) >= 11 is 0. The maximum absolute atomic E-state index is 13.3. The molecule has 220 valence electrons. The molecule has 3 aromatic carbocycles. The van der Waals surface area contributed by atoms with Crippen molar-refractivity contribution < 1.29 is 23.5 Å². The van der Waals surface area contributed by atoms with Gasteiger partial charge >= 0.3 is 5.97 Å². The van der Waals surface area contributed by atoms with Gasteiger partial charge < -0.3 is 18.7 Å². The fourth-order valence-corrected chi connectivity index (χ4v) is 6.86. The van der Waals surface area contributed by atoms with Crippen molar-refractivity contribution in [2.75, 3.05) is 0 Å². The van der Waals surface area contributed by atoms with Gasteiger partial charge in [-0.2, -0.15) is 0 Å². The monoisotopic (exact) mass is 590 g/mol. The highest BCUT2D eigenvalue weighted by Gasteiger charge is 2.51. The van der Waals surface area contributed by atoms with Crippen LogP contribution in [-0.4, -0.2) is 27.7 Å². The molecule has 1 aliphatic rings. The van der Waals surface area contributed by atoms with Crippen LogP contribution in [0, 0.1) is 13.8 Å². The van der Waals surface area contributed by atoms with E-state index in [-0.39, 0.29) is 15.8 Å². The summed E-state index contributed by atoms with van der Waals surface area (Å²) in [7, 11) is -4.22. The first-order chi connectivity index (χ1) is 18.7. The van der Waals surface area contributed by atoms with E-state index < -0.39 is 28.2 Å². The number of ether oxygens (including phenoxy) is 1. The lowest BCUT2D eigenvalue weighted by atomic mass is 9.78. The Morgan fingerprint density at radius 1 is 0.756 bits per heavy atom. The van der Waals surface area contributed by atoms with Crippen LogP contribution < -0.4 is 8.85 Å². The van der Waals surface area contributed by atoms with Gasteiger partial charge in [0.15, 0.2) is 5.60 Å². The quantitative estimate of drug-likeness (QED) is 0.229. The average Bonchev–Trinajstić information content (AvgIpc) is 3.15. The van der Waals surface area contributed by atoms with Gasteiger partial charge in [-0.05, 0) is 86.0 Å². The lowest BCUT2D eigenvalue weighted by Gasteiger charge is -2.38. The summed E-state index contributed by atoms with van der Waals surface area (Å²) in [5.74, 6) is 1.12. The molecule has 0 saturated heterocycles. The number of aromatic hydroxyl groups is 1. The highest BCUT2D eigenvalue weighted by Crippen LogP contribution is 2.52. The molecule has 4 rings (SSSR count). The van der Waals surface area contributed by atoms with E-state index in [9.17, 15) is 9.90 Å². The molecule has 0 aromatic heterocycles. The van der Waals surface area contributed by atoms with Crippen LogP contribution in [0.1, 0.15) is 79.7 Å². The Hall–Kier alpha value is -3.04. The maximum Gasteiger partial charge on any atom is 0.340 e. The molecule has 0 spiro atoms. The van der Waals surface area contributed by atoms with Gasteiger partial charge in [-0.25, -0.2) is 4.79 Å². The van der Waals surface area contributed by atoms with Crippen LogP contribution in [0.2, 0.25) is 36.3 Å². The highest BCUT2D eigenvalue weighted by molar-refractivity contribution is 6.75. The van der Waals surface area contributed by atoms with E-state index >= 15 is 0 Å². The summed E-state index contributed by atoms with van der Waals surface area (Å²) in [6.07, 6.45) is 0. The van der Waals surface area contributed by atoms with Crippen molar-refractivity contribution in [1.82, 2.24) is 0 Å². The van der Waals surface area contributed by atoms with Gasteiger partial charge in [-0.3, -0.25) is 0 Å². The zero-order valence-electron chi connectivity index (χ0n) is 26.8. The van der Waals surface area contributed by atoms with Crippen LogP contribution in [-0.2, 0) is 10.3 Å². The second-order valence-electron chi connectivity index (χ2n) is 14.4. The first-order valence-corrected chi connectivity index (χ1v) is 20.2. The molecule has 1 aliphatic heterocycles. The largest absolute Gasteiger partial charge is 0.543 e. The molecule has 1 heterocycles. The average molecular weight is 591 g/mol. The third kappa shape index (κ3) is 5.23. The molecule has 41 heavy (non-hydrogen) atoms. The zero-order valence-corrected chi connectivity index (χ0v) is 28.8. The number of carbonyl (C=O) groups excluding carboxylic acids is 1. The van der Waals surface area contributed by atoms with Gasteiger partial charge in [0.2, 0.25) is 16.6 Å². The van der Waals surface area contributed by atoms with E-state index in [0.29, 0.717) is 28.0 Å². The van der Waals surface area contributed by atoms with Crippen LogP contribution in [0.4, 0.5) is 0 Å². The van der Waals surface area contributed by atoms with Gasteiger partial charge in [0.05, 0.1) is 5.56 Å². The van der Waals surface area contributed by atoms with Crippen LogP contribution in [0.15, 0.2) is 54.6 Å². The molecule has 0 aliphatic carbocycles. The van der Waals surface area contributed by atoms with E-state index in [1.807, 2.05) is 62.4 Å². The molecule has 5 nitrogen and oxygen atoms in total. The van der Waals surface area contributed by atoms with E-state index in [2.05, 4.69) is 67.7 Å². The molecule has 0 radical (unpaired) electrons. The Bertz CT molecular complexity index is 1490. The van der Waals surface area contributed by atoms with Crippen molar-refractivity contribution in [3.05, 3.63) is 88.0 Å². The predicted octanol–water partition coefficient (Wildman–Crippen LogP) is 9.24. The number of fused-ring (bicyclic) bond motifs is 1. The van der Waals surface area contributed by atoms with Crippen molar-refractivity contribution in [2.45, 2.75) is 97.3 Å². The Morgan fingerprint density at radius 3 is 1.85 bits per heavy atom. The molecule has 1 N–H and O–H groups in total. The normalized spacial score (nSPS) is 17.7. The van der Waals surface area contributed by atoms with Crippen molar-refractivity contribution in [1.29, 1.82) is 0 Å². The molecule has 3 aromatic rings. The third-order valence-corrected chi connectivity index (χ3v) is 18.1. The molecule has 0 bridgehead atoms. The van der Waals surface area contributed by atoms with Crippen molar-refractivity contribution in [3.63, 3.8) is 0 Å². The summed E-state index contributed by atoms with van der Waals surface area (Å²) in [5, 5.41) is 11.8. The standard InChI is InChI=1S/C34H46O5Si2/c1-22-21-24(17-19-28(22)38-40(9,10)32(3,4)5)34(26-16-14-13-15-25(26)31(36)37-34)27-18-20-29(23(2)30(27)35)39-41(11,12)33(6,7)8/h13-21,35H,1-12H3. The molecule has 1 atom stereocenters. The Morgan fingerprint density at radius 2 is 1.29 bits per heavy atom. The zero-order chi connectivity index (χ0) is 30.8. The third-order valence-electron chi connectivity index (χ3n) is 9.46. The number of aryl methyl sites for hydroxylation is 1. The molecular weight excluding hydrogens is 545 g/mol. The van der Waals surface area contributed by atoms with Gasteiger partial charge in [-0.1, -0.05) is 65.8 Å². The predicted molar refractivity (Wildman–Crippen MR) is 171 cm³/mol. The fraction of sp³-hybridized carbons (Fsp3) is 0.441. The van der Waals surface area contributed by atoms with Crippen molar-refractivity contribution >= 4 is 22.6 Å². The minimum atomic E-state index is -2.15. The van der Waals surface area contributed by atoms with Crippen LogP contribution in [0.3, 0.4) is 0 Å². The number of rotatable bonds is 6. The molecule has 0 fully saturated rings. The first kappa shape index (κ1) is 30.9. The van der Waals surface area contributed by atoms with Gasteiger partial charge in [-0.15, -0.1) is 0 Å². The van der Waals surface area contributed by atoms with Gasteiger partial charge in [0.1, 0.15) is 17.2 Å². The lowest BCUT2D eigenvalue weighted by Crippen LogP contribution is -2.44. The number of hydrogen-bond acceptors (Lipinski definition) is 5. The van der Waals surface area contributed by atoms with Crippen molar-refractivity contribution in [2.24, 2.45) is 0 Å². The number of phenols is 1. The first-order valence-electron chi connectivity index (χ1n) is 14.4. The number of hydrogen-bond donors (Lipinski definition) is 1. The van der Waals surface area contributed by atoms with Gasteiger partial charge in [0, 0.05) is 22.3 Å². The summed E-state index contributed by atoms with van der Waals surface area (Å²) in [5.41, 5.74) is 2.71. The second kappa shape index (κ2) is 10.1. The van der Waals surface area contributed by atoms with E-state index in [0.717, 1.165) is 16.9 Å². The Labute approximate surface area is 248 Å². The minimum Gasteiger partial charge on any atom is -0.543 e. The topological polar surface area (TPSA) is 65.0 Å². The SMILES string of the molecule is Cc1cc(C2(c3ccc(O[Si](C)(C)C(C)(C)C)c(C)c3O)OC(=O)c3ccccc32)ccc1O[Si](C)(C)C(C)(C)C. The van der Waals surface area contributed by atoms with E-state index in [4.69, 9.17) is 13.6 Å². The van der Waals surface area contributed by atoms with Crippen LogP contribution in [0.5, 0.6) is 17.2 Å². The van der Waals surface area contributed by atoms with Crippen molar-refractivity contribution in [3.8, 4) is 17.2 Å².